The van der Waals surface area contributed by atoms with Crippen molar-refractivity contribution in [1.82, 2.24) is 5.06 Å². The maximum absolute atomic E-state index is 13.0. The van der Waals surface area contributed by atoms with E-state index < -0.39 is 69.8 Å². The number of para-hydroxylation sites is 4. The lowest BCUT2D eigenvalue weighted by molar-refractivity contribution is -0.384. The maximum Gasteiger partial charge on any atom is 0.293 e. The summed E-state index contributed by atoms with van der Waals surface area (Å²) >= 11 is 0. The smallest absolute Gasteiger partial charge is 0.293 e. The Morgan fingerprint density at radius 2 is 1.09 bits per heavy atom. The standard InChI is InChI=1S/C20H15N5O9/c26-17-9-15(19(28)21(17)11-5-1-3-7-13(11)24(31)32)23(30)16-10-18(27)22(20(16)29)12-6-2-4-8-14(12)25(33)34/h1-8,15-16,30H,9-10H2/t15-,16-/m1/s1. The van der Waals surface area contributed by atoms with E-state index in [1.54, 1.807) is 0 Å². The summed E-state index contributed by atoms with van der Waals surface area (Å²) in [6, 6.07) is 6.86. The lowest BCUT2D eigenvalue weighted by Gasteiger charge is -2.25. The average molecular weight is 469 g/mol. The van der Waals surface area contributed by atoms with Gasteiger partial charge in [0, 0.05) is 12.1 Å². The SMILES string of the molecule is O=C1C[C@@H](N(O)[C@@H]2CC(=O)N(c3ccccc3[N+](=O)[O-])C2=O)C(=O)N1c1ccccc1[N+](=O)[O-]. The highest BCUT2D eigenvalue weighted by Gasteiger charge is 2.52. The Bertz CT molecular complexity index is 1170. The van der Waals surface area contributed by atoms with Crippen molar-refractivity contribution in [3.63, 3.8) is 0 Å². The van der Waals surface area contributed by atoms with Crippen LogP contribution in [0.25, 0.3) is 0 Å². The van der Waals surface area contributed by atoms with Crippen LogP contribution in [0.4, 0.5) is 22.7 Å². The molecule has 2 aliphatic rings. The first kappa shape index (κ1) is 22.6. The molecule has 0 bridgehead atoms. The van der Waals surface area contributed by atoms with E-state index in [2.05, 4.69) is 0 Å². The van der Waals surface area contributed by atoms with Gasteiger partial charge in [0.05, 0.1) is 22.7 Å². The summed E-state index contributed by atoms with van der Waals surface area (Å²) in [5.74, 6) is -3.75. The van der Waals surface area contributed by atoms with Crippen molar-refractivity contribution < 1.29 is 34.2 Å². The van der Waals surface area contributed by atoms with E-state index in [-0.39, 0.29) is 16.4 Å². The number of nitro benzene ring substituents is 2. The summed E-state index contributed by atoms with van der Waals surface area (Å²) in [5, 5.41) is 33.6. The third-order valence-electron chi connectivity index (χ3n) is 5.52. The molecule has 2 aliphatic heterocycles. The molecular weight excluding hydrogens is 454 g/mol. The van der Waals surface area contributed by atoms with E-state index in [9.17, 15) is 44.6 Å². The van der Waals surface area contributed by atoms with Crippen LogP contribution < -0.4 is 9.80 Å². The second-order valence-electron chi connectivity index (χ2n) is 7.45. The molecule has 2 heterocycles. The highest BCUT2D eigenvalue weighted by atomic mass is 16.6. The van der Waals surface area contributed by atoms with E-state index in [1.807, 2.05) is 0 Å². The minimum atomic E-state index is -1.60. The number of amides is 4. The van der Waals surface area contributed by atoms with Gasteiger partial charge in [-0.05, 0) is 12.1 Å². The van der Waals surface area contributed by atoms with Crippen LogP contribution in [0.5, 0.6) is 0 Å². The molecule has 0 aromatic heterocycles. The lowest BCUT2D eigenvalue weighted by Crippen LogP contribution is -2.49. The predicted molar refractivity (Wildman–Crippen MR) is 112 cm³/mol. The molecule has 0 unspecified atom stereocenters. The van der Waals surface area contributed by atoms with Gasteiger partial charge in [0.1, 0.15) is 23.5 Å². The zero-order chi connectivity index (χ0) is 24.7. The number of benzene rings is 2. The predicted octanol–water partition coefficient (Wildman–Crippen LogP) is 1.16. The zero-order valence-electron chi connectivity index (χ0n) is 17.1. The summed E-state index contributed by atoms with van der Waals surface area (Å²) in [4.78, 5) is 73.2. The summed E-state index contributed by atoms with van der Waals surface area (Å²) in [6.45, 7) is 0. The molecule has 14 nitrogen and oxygen atoms in total. The van der Waals surface area contributed by atoms with Crippen LogP contribution in [0.3, 0.4) is 0 Å². The minimum absolute atomic E-state index is 0.268. The van der Waals surface area contributed by atoms with Crippen molar-refractivity contribution in [1.29, 1.82) is 0 Å². The molecule has 2 saturated heterocycles. The molecule has 2 atom stereocenters. The van der Waals surface area contributed by atoms with E-state index in [0.717, 1.165) is 12.1 Å². The molecule has 14 heteroatoms. The van der Waals surface area contributed by atoms with Gasteiger partial charge in [0.2, 0.25) is 11.8 Å². The Labute approximate surface area is 189 Å². The molecule has 4 rings (SSSR count). The van der Waals surface area contributed by atoms with Gasteiger partial charge in [0.15, 0.2) is 0 Å². The normalized spacial score (nSPS) is 20.5. The lowest BCUT2D eigenvalue weighted by atomic mass is 10.1. The summed E-state index contributed by atoms with van der Waals surface area (Å²) in [5.41, 5.74) is -1.62. The zero-order valence-corrected chi connectivity index (χ0v) is 17.1. The first-order chi connectivity index (χ1) is 16.1. The maximum atomic E-state index is 13.0. The van der Waals surface area contributed by atoms with E-state index in [0.29, 0.717) is 9.80 Å². The molecule has 4 amide bonds. The first-order valence-electron chi connectivity index (χ1n) is 9.81. The molecule has 1 N–H and O–H groups in total. The topological polar surface area (TPSA) is 185 Å². The van der Waals surface area contributed by atoms with Crippen LogP contribution in [0.2, 0.25) is 0 Å². The molecule has 174 valence electrons. The number of hydrogen-bond donors (Lipinski definition) is 1. The Balaban J connectivity index is 1.62. The van der Waals surface area contributed by atoms with Gasteiger partial charge >= 0.3 is 0 Å². The number of carbonyl (C=O) groups is 4. The monoisotopic (exact) mass is 469 g/mol. The van der Waals surface area contributed by atoms with Crippen LogP contribution in [-0.2, 0) is 19.2 Å². The van der Waals surface area contributed by atoms with E-state index >= 15 is 0 Å². The Morgan fingerprint density at radius 1 is 0.735 bits per heavy atom. The van der Waals surface area contributed by atoms with Crippen molar-refractivity contribution >= 4 is 46.4 Å². The Hall–Kier alpha value is -4.56. The number of hydrogen-bond acceptors (Lipinski definition) is 10. The highest BCUT2D eigenvalue weighted by Crippen LogP contribution is 2.36. The van der Waals surface area contributed by atoms with Gasteiger partial charge in [-0.1, -0.05) is 24.3 Å². The second kappa shape index (κ2) is 8.42. The first-order valence-corrected chi connectivity index (χ1v) is 9.81. The molecule has 0 aliphatic carbocycles. The second-order valence-corrected chi connectivity index (χ2v) is 7.45. The summed E-state index contributed by atoms with van der Waals surface area (Å²) < 4.78 is 0. The molecule has 2 aromatic carbocycles. The molecule has 2 fully saturated rings. The molecule has 2 aromatic rings. The number of nitro groups is 2. The molecular formula is C20H15N5O9. The van der Waals surface area contributed by atoms with Gasteiger partial charge in [-0.25, -0.2) is 9.80 Å². The quantitative estimate of drug-likeness (QED) is 0.366. The summed E-state index contributed by atoms with van der Waals surface area (Å²) in [6.07, 6.45) is -1.21. The van der Waals surface area contributed by atoms with Crippen molar-refractivity contribution in [2.75, 3.05) is 9.80 Å². The Kier molecular flexibility index (Phi) is 5.60. The van der Waals surface area contributed by atoms with Crippen molar-refractivity contribution in [3.8, 4) is 0 Å². The number of imide groups is 2. The Morgan fingerprint density at radius 3 is 1.44 bits per heavy atom. The third-order valence-corrected chi connectivity index (χ3v) is 5.52. The van der Waals surface area contributed by atoms with Crippen LogP contribution in [0.1, 0.15) is 12.8 Å². The fourth-order valence-electron chi connectivity index (χ4n) is 3.98. The number of rotatable bonds is 6. The van der Waals surface area contributed by atoms with E-state index in [4.69, 9.17) is 0 Å². The van der Waals surface area contributed by atoms with Crippen LogP contribution in [0, 0.1) is 20.2 Å². The highest BCUT2D eigenvalue weighted by molar-refractivity contribution is 6.25. The summed E-state index contributed by atoms with van der Waals surface area (Å²) in [7, 11) is 0. The number of hydroxylamine groups is 2. The fourth-order valence-corrected chi connectivity index (χ4v) is 3.98. The molecule has 0 saturated carbocycles. The van der Waals surface area contributed by atoms with Gasteiger partial charge < -0.3 is 5.21 Å². The van der Waals surface area contributed by atoms with Crippen LogP contribution in [-0.4, -0.2) is 55.8 Å². The minimum Gasteiger partial charge on any atom is -0.312 e. The molecule has 0 spiro atoms. The van der Waals surface area contributed by atoms with Crippen molar-refractivity contribution in [2.24, 2.45) is 0 Å². The van der Waals surface area contributed by atoms with Crippen molar-refractivity contribution in [2.45, 2.75) is 24.9 Å². The largest absolute Gasteiger partial charge is 0.312 e. The van der Waals surface area contributed by atoms with Gasteiger partial charge in [0.25, 0.3) is 23.2 Å². The number of nitrogens with zero attached hydrogens (tertiary/aromatic N) is 5. The van der Waals surface area contributed by atoms with Crippen LogP contribution >= 0.6 is 0 Å². The average Bonchev–Trinajstić information content (AvgIpc) is 3.27. The van der Waals surface area contributed by atoms with Gasteiger partial charge in [-0.3, -0.25) is 39.4 Å². The third kappa shape index (κ3) is 3.56. The fraction of sp³-hybridized carbons (Fsp3) is 0.200. The molecule has 0 radical (unpaired) electrons. The van der Waals surface area contributed by atoms with Crippen LogP contribution in [0.15, 0.2) is 48.5 Å². The van der Waals surface area contributed by atoms with Gasteiger partial charge in [-0.2, -0.15) is 5.06 Å². The van der Waals surface area contributed by atoms with E-state index in [1.165, 1.54) is 36.4 Å². The number of carbonyl (C=O) groups excluding carboxylic acids is 4. The van der Waals surface area contributed by atoms with Gasteiger partial charge in [-0.15, -0.1) is 0 Å². The molecule has 34 heavy (non-hydrogen) atoms. The number of anilines is 2. The van der Waals surface area contributed by atoms with Crippen molar-refractivity contribution in [3.05, 3.63) is 68.8 Å².